The molecule has 1 saturated carbocycles. The molecule has 2 N–H and O–H groups in total. The topological polar surface area (TPSA) is 97.0 Å². The van der Waals surface area contributed by atoms with Gasteiger partial charge < -0.3 is 25.0 Å². The maximum Gasteiger partial charge on any atom is 0.260 e. The van der Waals surface area contributed by atoms with Crippen molar-refractivity contribution in [3.8, 4) is 11.5 Å². The van der Waals surface area contributed by atoms with Gasteiger partial charge in [0, 0.05) is 37.3 Å². The molecule has 0 heterocycles. The summed E-state index contributed by atoms with van der Waals surface area (Å²) in [7, 11) is 1.55. The van der Waals surface area contributed by atoms with Gasteiger partial charge in [0.05, 0.1) is 7.11 Å². The van der Waals surface area contributed by atoms with E-state index in [1.54, 1.807) is 48.4 Å². The molecule has 31 heavy (non-hydrogen) atoms. The molecule has 164 valence electrons. The fraction of sp³-hybridized carbons (Fsp3) is 0.348. The molecule has 2 aromatic carbocycles. The summed E-state index contributed by atoms with van der Waals surface area (Å²) in [6, 6.07) is 14.2. The van der Waals surface area contributed by atoms with E-state index in [1.807, 2.05) is 12.1 Å². The molecule has 0 aromatic heterocycles. The lowest BCUT2D eigenvalue weighted by Gasteiger charge is -2.22. The maximum absolute atomic E-state index is 12.7. The average Bonchev–Trinajstić information content (AvgIpc) is 3.57. The number of carbonyl (C=O) groups excluding carboxylic acids is 3. The van der Waals surface area contributed by atoms with Crippen LogP contribution >= 0.6 is 0 Å². The highest BCUT2D eigenvalue weighted by atomic mass is 16.5. The smallest absolute Gasteiger partial charge is 0.260 e. The van der Waals surface area contributed by atoms with Crippen LogP contribution in [0.3, 0.4) is 0 Å². The summed E-state index contributed by atoms with van der Waals surface area (Å²) in [4.78, 5) is 38.0. The van der Waals surface area contributed by atoms with Gasteiger partial charge >= 0.3 is 0 Å². The second-order valence-electron chi connectivity index (χ2n) is 7.32. The van der Waals surface area contributed by atoms with Crippen molar-refractivity contribution in [1.82, 2.24) is 4.90 Å². The molecule has 0 atom stereocenters. The van der Waals surface area contributed by atoms with Crippen molar-refractivity contribution in [2.75, 3.05) is 30.9 Å². The zero-order valence-corrected chi connectivity index (χ0v) is 17.7. The van der Waals surface area contributed by atoms with E-state index in [4.69, 9.17) is 9.47 Å². The Morgan fingerprint density at radius 1 is 1.00 bits per heavy atom. The molecule has 2 aromatic rings. The number of hydrogen-bond donors (Lipinski definition) is 2. The fourth-order valence-electron chi connectivity index (χ4n) is 3.18. The number of methoxy groups -OCH3 is 1. The van der Waals surface area contributed by atoms with E-state index in [9.17, 15) is 14.4 Å². The molecule has 3 rings (SSSR count). The van der Waals surface area contributed by atoms with E-state index in [-0.39, 0.29) is 36.8 Å². The Bertz CT molecular complexity index is 942. The second kappa shape index (κ2) is 10.5. The average molecular weight is 425 g/mol. The summed E-state index contributed by atoms with van der Waals surface area (Å²) in [5.41, 5.74) is 1.19. The van der Waals surface area contributed by atoms with Crippen LogP contribution in [0.5, 0.6) is 11.5 Å². The molecule has 1 aliphatic carbocycles. The van der Waals surface area contributed by atoms with E-state index < -0.39 is 0 Å². The third-order valence-corrected chi connectivity index (χ3v) is 4.77. The number of nitrogens with one attached hydrogen (secondary N) is 2. The maximum atomic E-state index is 12.7. The number of amides is 3. The van der Waals surface area contributed by atoms with Crippen molar-refractivity contribution < 1.29 is 23.9 Å². The molecule has 1 aliphatic rings. The lowest BCUT2D eigenvalue weighted by Crippen LogP contribution is -2.38. The Morgan fingerprint density at radius 2 is 1.68 bits per heavy atom. The molecule has 0 aliphatic heterocycles. The van der Waals surface area contributed by atoms with Crippen molar-refractivity contribution in [3.63, 3.8) is 0 Å². The largest absolute Gasteiger partial charge is 0.493 e. The third-order valence-electron chi connectivity index (χ3n) is 4.77. The first-order valence-electron chi connectivity index (χ1n) is 10.2. The molecular formula is C23H27N3O5. The fourth-order valence-corrected chi connectivity index (χ4v) is 3.18. The van der Waals surface area contributed by atoms with E-state index in [1.165, 1.54) is 6.92 Å². The number of para-hydroxylation sites is 2. The minimum atomic E-state index is -0.205. The predicted molar refractivity (Wildman–Crippen MR) is 117 cm³/mol. The molecular weight excluding hydrogens is 398 g/mol. The van der Waals surface area contributed by atoms with Gasteiger partial charge in [0.15, 0.2) is 18.1 Å². The number of ether oxygens (including phenoxy) is 2. The quantitative estimate of drug-likeness (QED) is 0.610. The zero-order chi connectivity index (χ0) is 22.2. The summed E-state index contributed by atoms with van der Waals surface area (Å²) in [5.74, 6) is 0.523. The van der Waals surface area contributed by atoms with Gasteiger partial charge in [0.1, 0.15) is 0 Å². The van der Waals surface area contributed by atoms with Crippen LogP contribution in [0.4, 0.5) is 11.4 Å². The van der Waals surface area contributed by atoms with E-state index in [0.717, 1.165) is 12.8 Å². The molecule has 0 spiro atoms. The number of anilines is 2. The first-order valence-corrected chi connectivity index (χ1v) is 10.2. The van der Waals surface area contributed by atoms with Gasteiger partial charge in [0.25, 0.3) is 5.91 Å². The number of rotatable bonds is 10. The van der Waals surface area contributed by atoms with Crippen molar-refractivity contribution in [2.45, 2.75) is 32.2 Å². The van der Waals surface area contributed by atoms with Gasteiger partial charge in [0.2, 0.25) is 11.8 Å². The molecule has 0 radical (unpaired) electrons. The summed E-state index contributed by atoms with van der Waals surface area (Å²) in [6.07, 6.45) is 2.03. The number of carbonyl (C=O) groups is 3. The molecule has 0 unspecified atom stereocenters. The zero-order valence-electron chi connectivity index (χ0n) is 17.7. The first kappa shape index (κ1) is 22.1. The Morgan fingerprint density at radius 3 is 2.32 bits per heavy atom. The summed E-state index contributed by atoms with van der Waals surface area (Å²) >= 11 is 0. The minimum Gasteiger partial charge on any atom is -0.493 e. The number of hydrogen-bond acceptors (Lipinski definition) is 5. The van der Waals surface area contributed by atoms with Crippen LogP contribution in [0.15, 0.2) is 48.5 Å². The minimum absolute atomic E-state index is 0.114. The molecule has 0 bridgehead atoms. The second-order valence-corrected chi connectivity index (χ2v) is 7.32. The van der Waals surface area contributed by atoms with Crippen LogP contribution < -0.4 is 20.1 Å². The molecule has 0 saturated heterocycles. The van der Waals surface area contributed by atoms with Crippen LogP contribution in [0, 0.1) is 0 Å². The monoisotopic (exact) mass is 425 g/mol. The lowest BCUT2D eigenvalue weighted by molar-refractivity contribution is -0.134. The number of nitrogens with zero attached hydrogens (tertiary/aromatic N) is 1. The van der Waals surface area contributed by atoms with Gasteiger partial charge in [-0.2, -0.15) is 0 Å². The standard InChI is InChI=1S/C23H27N3O5/c1-16(27)24-17-6-5-7-18(14-17)25-22(28)12-13-26(19-10-11-19)23(29)15-31-21-9-4-3-8-20(21)30-2/h3-9,14,19H,10-13,15H2,1-2H3,(H,24,27)(H,25,28). The van der Waals surface area contributed by atoms with Crippen molar-refractivity contribution in [2.24, 2.45) is 0 Å². The van der Waals surface area contributed by atoms with Gasteiger partial charge in [-0.1, -0.05) is 18.2 Å². The van der Waals surface area contributed by atoms with Gasteiger partial charge in [-0.3, -0.25) is 14.4 Å². The van der Waals surface area contributed by atoms with Crippen molar-refractivity contribution in [1.29, 1.82) is 0 Å². The molecule has 8 heteroatoms. The first-order chi connectivity index (χ1) is 15.0. The van der Waals surface area contributed by atoms with Gasteiger partial charge in [-0.25, -0.2) is 0 Å². The van der Waals surface area contributed by atoms with E-state index >= 15 is 0 Å². The third kappa shape index (κ3) is 6.74. The highest BCUT2D eigenvalue weighted by Crippen LogP contribution is 2.29. The van der Waals surface area contributed by atoms with E-state index in [0.29, 0.717) is 29.4 Å². The summed E-state index contributed by atoms with van der Waals surface area (Å²) in [6.45, 7) is 1.62. The highest BCUT2D eigenvalue weighted by molar-refractivity contribution is 5.93. The Kier molecular flexibility index (Phi) is 7.48. The molecule has 8 nitrogen and oxygen atoms in total. The molecule has 3 amide bonds. The summed E-state index contributed by atoms with van der Waals surface area (Å²) < 4.78 is 10.9. The molecule has 1 fully saturated rings. The SMILES string of the molecule is COc1ccccc1OCC(=O)N(CCC(=O)Nc1cccc(NC(C)=O)c1)C1CC1. The van der Waals surface area contributed by atoms with Crippen LogP contribution in [-0.4, -0.2) is 48.9 Å². The Balaban J connectivity index is 1.51. The normalized spacial score (nSPS) is 12.6. The predicted octanol–water partition coefficient (Wildman–Crippen LogP) is 3.05. The summed E-state index contributed by atoms with van der Waals surface area (Å²) in [5, 5.41) is 5.48. The number of benzene rings is 2. The Labute approximate surface area is 181 Å². The van der Waals surface area contributed by atoms with Gasteiger partial charge in [-0.05, 0) is 43.2 Å². The van der Waals surface area contributed by atoms with Crippen LogP contribution in [0.2, 0.25) is 0 Å². The lowest BCUT2D eigenvalue weighted by atomic mass is 10.2. The van der Waals surface area contributed by atoms with Crippen molar-refractivity contribution >= 4 is 29.1 Å². The van der Waals surface area contributed by atoms with Gasteiger partial charge in [-0.15, -0.1) is 0 Å². The van der Waals surface area contributed by atoms with E-state index in [2.05, 4.69) is 10.6 Å². The Hall–Kier alpha value is -3.55. The van der Waals surface area contributed by atoms with Crippen LogP contribution in [0.25, 0.3) is 0 Å². The highest BCUT2D eigenvalue weighted by Gasteiger charge is 2.32. The van der Waals surface area contributed by atoms with Crippen LogP contribution in [0.1, 0.15) is 26.2 Å². The van der Waals surface area contributed by atoms with Crippen LogP contribution in [-0.2, 0) is 14.4 Å². The van der Waals surface area contributed by atoms with Crippen molar-refractivity contribution in [3.05, 3.63) is 48.5 Å².